The normalized spacial score (nSPS) is 23.7. The molecule has 0 bridgehead atoms. The number of carboxylic acids is 1. The summed E-state index contributed by atoms with van der Waals surface area (Å²) in [5.74, 6) is -0.983. The van der Waals surface area contributed by atoms with E-state index >= 15 is 0 Å². The summed E-state index contributed by atoms with van der Waals surface area (Å²) in [6.45, 7) is 4.33. The molecule has 1 aliphatic carbocycles. The Morgan fingerprint density at radius 2 is 1.50 bits per heavy atom. The summed E-state index contributed by atoms with van der Waals surface area (Å²) in [6.07, 6.45) is 17.3. The lowest BCUT2D eigenvalue weighted by atomic mass is 9.81. The highest BCUT2D eigenvalue weighted by atomic mass is 16.4. The first-order valence-electron chi connectivity index (χ1n) is 13.3. The first kappa shape index (κ1) is 29.1. The Balaban J connectivity index is 2.25. The van der Waals surface area contributed by atoms with Crippen LogP contribution in [-0.2, 0) is 4.79 Å². The largest absolute Gasteiger partial charge is 0.481 e. The molecule has 0 radical (unpaired) electrons. The van der Waals surface area contributed by atoms with Crippen molar-refractivity contribution in [2.24, 2.45) is 17.8 Å². The molecule has 0 aromatic heterocycles. The molecule has 32 heavy (non-hydrogen) atoms. The van der Waals surface area contributed by atoms with Crippen molar-refractivity contribution in [3.63, 3.8) is 0 Å². The molecule has 5 nitrogen and oxygen atoms in total. The monoisotopic (exact) mass is 454 g/mol. The van der Waals surface area contributed by atoms with Crippen LogP contribution in [0.4, 0.5) is 0 Å². The van der Waals surface area contributed by atoms with Crippen LogP contribution in [0.25, 0.3) is 0 Å². The van der Waals surface area contributed by atoms with Crippen LogP contribution >= 0.6 is 0 Å². The number of aliphatic carboxylic acids is 1. The average Bonchev–Trinajstić information content (AvgIpc) is 2.76. The van der Waals surface area contributed by atoms with Gasteiger partial charge in [0.25, 0.3) is 0 Å². The average molecular weight is 455 g/mol. The van der Waals surface area contributed by atoms with Crippen molar-refractivity contribution in [3.8, 4) is 0 Å². The zero-order chi connectivity index (χ0) is 23.8. The van der Waals surface area contributed by atoms with Gasteiger partial charge in [-0.1, -0.05) is 83.8 Å². The molecule has 1 aliphatic rings. The van der Waals surface area contributed by atoms with Gasteiger partial charge in [0.2, 0.25) is 0 Å². The highest BCUT2D eigenvalue weighted by Crippen LogP contribution is 2.30. The van der Waals surface area contributed by atoms with Crippen molar-refractivity contribution >= 4 is 5.97 Å². The van der Waals surface area contributed by atoms with Crippen LogP contribution in [0.3, 0.4) is 0 Å². The highest BCUT2D eigenvalue weighted by molar-refractivity contribution is 5.70. The molecule has 6 atom stereocenters. The van der Waals surface area contributed by atoms with Gasteiger partial charge >= 0.3 is 5.97 Å². The lowest BCUT2D eigenvalue weighted by Gasteiger charge is -2.28. The van der Waals surface area contributed by atoms with Gasteiger partial charge in [-0.25, -0.2) is 0 Å². The van der Waals surface area contributed by atoms with Gasteiger partial charge in [-0.05, 0) is 50.9 Å². The van der Waals surface area contributed by atoms with E-state index in [1.807, 2.05) is 0 Å². The molecule has 5 heteroatoms. The molecular formula is C27H50O5. The summed E-state index contributed by atoms with van der Waals surface area (Å²) < 4.78 is 0. The van der Waals surface area contributed by atoms with Gasteiger partial charge in [0.05, 0.1) is 24.2 Å². The van der Waals surface area contributed by atoms with E-state index in [4.69, 9.17) is 0 Å². The predicted molar refractivity (Wildman–Crippen MR) is 130 cm³/mol. The SMILES string of the molecule is CCCCC[C@H](O)CC[C@H](O)[C@@H](CCCCC[C@@H]1C=C[C@@H](CCCCC)C[C@H]1O)C(=O)O. The Bertz CT molecular complexity index is 506. The highest BCUT2D eigenvalue weighted by Gasteiger charge is 2.27. The van der Waals surface area contributed by atoms with Crippen molar-refractivity contribution in [1.29, 1.82) is 0 Å². The van der Waals surface area contributed by atoms with E-state index in [1.54, 1.807) is 0 Å². The Morgan fingerprint density at radius 1 is 0.844 bits per heavy atom. The molecule has 0 saturated carbocycles. The predicted octanol–water partition coefficient (Wildman–Crippen LogP) is 5.85. The fourth-order valence-electron chi connectivity index (χ4n) is 4.89. The third kappa shape index (κ3) is 12.4. The molecule has 0 saturated heterocycles. The number of unbranched alkanes of at least 4 members (excludes halogenated alkanes) is 6. The van der Waals surface area contributed by atoms with Crippen LogP contribution in [0.15, 0.2) is 12.2 Å². The fourth-order valence-corrected chi connectivity index (χ4v) is 4.89. The molecule has 0 heterocycles. The molecule has 0 aromatic rings. The summed E-state index contributed by atoms with van der Waals surface area (Å²) in [5.41, 5.74) is 0. The van der Waals surface area contributed by atoms with Crippen LogP contribution in [0.2, 0.25) is 0 Å². The molecule has 1 rings (SSSR count). The molecule has 0 fully saturated rings. The zero-order valence-corrected chi connectivity index (χ0v) is 20.6. The van der Waals surface area contributed by atoms with E-state index in [2.05, 4.69) is 26.0 Å². The maximum absolute atomic E-state index is 11.6. The van der Waals surface area contributed by atoms with E-state index in [-0.39, 0.29) is 12.0 Å². The third-order valence-electron chi connectivity index (χ3n) is 7.12. The van der Waals surface area contributed by atoms with Crippen LogP contribution in [0, 0.1) is 17.8 Å². The first-order valence-corrected chi connectivity index (χ1v) is 13.3. The topological polar surface area (TPSA) is 98.0 Å². The van der Waals surface area contributed by atoms with Crippen molar-refractivity contribution in [1.82, 2.24) is 0 Å². The lowest BCUT2D eigenvalue weighted by Crippen LogP contribution is -2.29. The number of hydrogen-bond donors (Lipinski definition) is 4. The summed E-state index contributed by atoms with van der Waals surface area (Å²) in [5, 5.41) is 40.4. The van der Waals surface area contributed by atoms with Gasteiger partial charge in [-0.2, -0.15) is 0 Å². The van der Waals surface area contributed by atoms with Gasteiger partial charge in [-0.3, -0.25) is 4.79 Å². The lowest BCUT2D eigenvalue weighted by molar-refractivity contribution is -0.146. The van der Waals surface area contributed by atoms with E-state index in [0.29, 0.717) is 25.2 Å². The van der Waals surface area contributed by atoms with Crippen molar-refractivity contribution in [2.45, 2.75) is 135 Å². The minimum Gasteiger partial charge on any atom is -0.481 e. The number of hydrogen-bond acceptors (Lipinski definition) is 4. The molecular weight excluding hydrogens is 404 g/mol. The molecule has 0 amide bonds. The second kappa shape index (κ2) is 17.6. The Labute approximate surface area is 196 Å². The number of allylic oxidation sites excluding steroid dienone is 1. The Morgan fingerprint density at radius 3 is 2.16 bits per heavy atom. The Kier molecular flexibility index (Phi) is 16.0. The van der Waals surface area contributed by atoms with E-state index < -0.39 is 24.1 Å². The van der Waals surface area contributed by atoms with Crippen LogP contribution < -0.4 is 0 Å². The number of carboxylic acid groups (broad SMARTS) is 1. The number of aliphatic hydroxyl groups excluding tert-OH is 3. The van der Waals surface area contributed by atoms with Crippen LogP contribution in [0.1, 0.15) is 117 Å². The maximum Gasteiger partial charge on any atom is 0.309 e. The zero-order valence-electron chi connectivity index (χ0n) is 20.6. The second-order valence-electron chi connectivity index (χ2n) is 9.98. The molecule has 0 unspecified atom stereocenters. The van der Waals surface area contributed by atoms with E-state index in [9.17, 15) is 25.2 Å². The minimum absolute atomic E-state index is 0.215. The summed E-state index contributed by atoms with van der Waals surface area (Å²) in [7, 11) is 0. The second-order valence-corrected chi connectivity index (χ2v) is 9.98. The van der Waals surface area contributed by atoms with Gasteiger partial charge in [0.1, 0.15) is 0 Å². The van der Waals surface area contributed by atoms with E-state index in [0.717, 1.165) is 57.8 Å². The standard InChI is InChI=1S/C27H50O5/c1-3-5-8-12-21-16-17-22(26(30)20-21)13-10-7-11-15-24(27(31)32)25(29)19-18-23(28)14-9-6-4-2/h16-17,21-26,28-30H,3-15,18-20H2,1-2H3,(H,31,32)/t21-,22-,23+,24-,25+,26-/m1/s1. The van der Waals surface area contributed by atoms with Gasteiger partial charge in [0, 0.05) is 5.92 Å². The smallest absolute Gasteiger partial charge is 0.309 e. The summed E-state index contributed by atoms with van der Waals surface area (Å²) in [6, 6.07) is 0. The molecule has 0 aliphatic heterocycles. The van der Waals surface area contributed by atoms with Gasteiger partial charge < -0.3 is 20.4 Å². The fraction of sp³-hybridized carbons (Fsp3) is 0.889. The number of carbonyl (C=O) groups is 1. The first-order chi connectivity index (χ1) is 15.4. The minimum atomic E-state index is -0.947. The van der Waals surface area contributed by atoms with Crippen LogP contribution in [-0.4, -0.2) is 44.7 Å². The van der Waals surface area contributed by atoms with Crippen LogP contribution in [0.5, 0.6) is 0 Å². The maximum atomic E-state index is 11.6. The molecule has 188 valence electrons. The van der Waals surface area contributed by atoms with Crippen molar-refractivity contribution < 1.29 is 25.2 Å². The van der Waals surface area contributed by atoms with Gasteiger partial charge in [-0.15, -0.1) is 0 Å². The molecule has 4 N–H and O–H groups in total. The summed E-state index contributed by atoms with van der Waals surface area (Å²) in [4.78, 5) is 11.6. The Hall–Kier alpha value is -0.910. The van der Waals surface area contributed by atoms with Crippen molar-refractivity contribution in [3.05, 3.63) is 12.2 Å². The molecule has 0 aromatic carbocycles. The number of aliphatic hydroxyl groups is 3. The van der Waals surface area contributed by atoms with E-state index in [1.165, 1.54) is 25.7 Å². The quantitative estimate of drug-likeness (QED) is 0.145. The number of rotatable bonds is 19. The molecule has 0 spiro atoms. The third-order valence-corrected chi connectivity index (χ3v) is 7.12. The van der Waals surface area contributed by atoms with Crippen molar-refractivity contribution in [2.75, 3.05) is 0 Å². The summed E-state index contributed by atoms with van der Waals surface area (Å²) >= 11 is 0. The van der Waals surface area contributed by atoms with Gasteiger partial charge in [0.15, 0.2) is 0 Å².